The lowest BCUT2D eigenvalue weighted by molar-refractivity contribution is 0.493. The van der Waals surface area contributed by atoms with Gasteiger partial charge >= 0.3 is 0 Å². The second kappa shape index (κ2) is 6.10. The van der Waals surface area contributed by atoms with Gasteiger partial charge in [-0.2, -0.15) is 0 Å². The first kappa shape index (κ1) is 14.1. The standard InChI is InChI=1S/C14H21F2N/c1-9(2)17-8-7-10(3)13-12(15)6-5-11(4)14(13)16/h5-6,9-10,17H,7-8H2,1-4H3. The molecular formula is C14H21F2N. The molecule has 1 rings (SSSR count). The minimum absolute atomic E-state index is 0.110. The van der Waals surface area contributed by atoms with Crippen molar-refractivity contribution in [3.63, 3.8) is 0 Å². The summed E-state index contributed by atoms with van der Waals surface area (Å²) in [5.74, 6) is -0.951. The third kappa shape index (κ3) is 3.77. The molecule has 17 heavy (non-hydrogen) atoms. The number of halogens is 2. The van der Waals surface area contributed by atoms with Crippen LogP contribution in [0.1, 0.15) is 44.2 Å². The van der Waals surface area contributed by atoms with Gasteiger partial charge in [-0.1, -0.05) is 26.8 Å². The van der Waals surface area contributed by atoms with Crippen molar-refractivity contribution < 1.29 is 8.78 Å². The summed E-state index contributed by atoms with van der Waals surface area (Å²) in [5.41, 5.74) is 0.723. The number of benzene rings is 1. The van der Waals surface area contributed by atoms with Crippen LogP contribution < -0.4 is 5.32 Å². The Bertz CT molecular complexity index is 375. The van der Waals surface area contributed by atoms with Gasteiger partial charge in [-0.05, 0) is 37.4 Å². The molecule has 0 bridgehead atoms. The number of hydrogen-bond acceptors (Lipinski definition) is 1. The molecule has 3 heteroatoms. The lowest BCUT2D eigenvalue weighted by atomic mass is 9.95. The van der Waals surface area contributed by atoms with Crippen LogP contribution >= 0.6 is 0 Å². The highest BCUT2D eigenvalue weighted by molar-refractivity contribution is 5.29. The summed E-state index contributed by atoms with van der Waals surface area (Å²) in [6, 6.07) is 3.22. The van der Waals surface area contributed by atoms with Crippen molar-refractivity contribution in [3.8, 4) is 0 Å². The summed E-state index contributed by atoms with van der Waals surface area (Å²) in [4.78, 5) is 0. The van der Waals surface area contributed by atoms with Crippen LogP contribution in [-0.4, -0.2) is 12.6 Å². The molecule has 1 unspecified atom stereocenters. The maximum atomic E-state index is 13.8. The Labute approximate surface area is 102 Å². The molecule has 0 aromatic heterocycles. The Hall–Kier alpha value is -0.960. The molecule has 0 saturated heterocycles. The van der Waals surface area contributed by atoms with E-state index in [0.29, 0.717) is 11.6 Å². The molecule has 0 radical (unpaired) electrons. The van der Waals surface area contributed by atoms with Gasteiger partial charge in [0.15, 0.2) is 0 Å². The Morgan fingerprint density at radius 2 is 1.82 bits per heavy atom. The van der Waals surface area contributed by atoms with Gasteiger partial charge < -0.3 is 5.32 Å². The van der Waals surface area contributed by atoms with Crippen LogP contribution in [0.15, 0.2) is 12.1 Å². The molecule has 1 atom stereocenters. The summed E-state index contributed by atoms with van der Waals surface area (Å²) >= 11 is 0. The fourth-order valence-corrected chi connectivity index (χ4v) is 1.86. The predicted octanol–water partition coefficient (Wildman–Crippen LogP) is 3.76. The van der Waals surface area contributed by atoms with E-state index in [-0.39, 0.29) is 11.5 Å². The second-order valence-electron chi connectivity index (χ2n) is 4.89. The molecule has 1 aromatic rings. The van der Waals surface area contributed by atoms with Crippen molar-refractivity contribution in [2.75, 3.05) is 6.54 Å². The number of rotatable bonds is 5. The van der Waals surface area contributed by atoms with Gasteiger partial charge in [0, 0.05) is 11.6 Å². The molecule has 0 saturated carbocycles. The van der Waals surface area contributed by atoms with E-state index in [1.807, 2.05) is 6.92 Å². The average molecular weight is 241 g/mol. The van der Waals surface area contributed by atoms with Crippen molar-refractivity contribution in [2.24, 2.45) is 0 Å². The fourth-order valence-electron chi connectivity index (χ4n) is 1.86. The summed E-state index contributed by atoms with van der Waals surface area (Å²) in [7, 11) is 0. The minimum atomic E-state index is -0.440. The normalized spacial score (nSPS) is 13.1. The summed E-state index contributed by atoms with van der Waals surface area (Å²) in [6.45, 7) is 8.41. The van der Waals surface area contributed by atoms with Crippen LogP contribution in [-0.2, 0) is 0 Å². The van der Waals surface area contributed by atoms with Crippen LogP contribution in [0, 0.1) is 18.6 Å². The monoisotopic (exact) mass is 241 g/mol. The van der Waals surface area contributed by atoms with E-state index in [2.05, 4.69) is 19.2 Å². The third-order valence-electron chi connectivity index (χ3n) is 2.94. The molecule has 0 aliphatic carbocycles. The Morgan fingerprint density at radius 3 is 2.41 bits per heavy atom. The first-order valence-corrected chi connectivity index (χ1v) is 6.11. The van der Waals surface area contributed by atoms with Crippen LogP contribution in [0.4, 0.5) is 8.78 Å². The predicted molar refractivity (Wildman–Crippen MR) is 67.3 cm³/mol. The zero-order valence-electron chi connectivity index (χ0n) is 11.0. The van der Waals surface area contributed by atoms with Gasteiger partial charge in [-0.15, -0.1) is 0 Å². The van der Waals surface area contributed by atoms with Crippen molar-refractivity contribution in [2.45, 2.75) is 46.1 Å². The molecule has 1 aromatic carbocycles. The van der Waals surface area contributed by atoms with E-state index in [1.54, 1.807) is 6.92 Å². The van der Waals surface area contributed by atoms with E-state index in [9.17, 15) is 8.78 Å². The molecule has 0 fully saturated rings. The molecular weight excluding hydrogens is 220 g/mol. The lowest BCUT2D eigenvalue weighted by Crippen LogP contribution is -2.24. The van der Waals surface area contributed by atoms with E-state index in [4.69, 9.17) is 0 Å². The van der Waals surface area contributed by atoms with Crippen LogP contribution in [0.3, 0.4) is 0 Å². The molecule has 0 spiro atoms. The zero-order valence-corrected chi connectivity index (χ0v) is 11.0. The van der Waals surface area contributed by atoms with Gasteiger partial charge in [-0.25, -0.2) is 8.78 Å². The summed E-state index contributed by atoms with van der Waals surface area (Å²) < 4.78 is 27.4. The van der Waals surface area contributed by atoms with Crippen LogP contribution in [0.25, 0.3) is 0 Å². The Morgan fingerprint density at radius 1 is 1.18 bits per heavy atom. The zero-order chi connectivity index (χ0) is 13.0. The van der Waals surface area contributed by atoms with Crippen molar-refractivity contribution >= 4 is 0 Å². The van der Waals surface area contributed by atoms with E-state index >= 15 is 0 Å². The second-order valence-corrected chi connectivity index (χ2v) is 4.89. The smallest absolute Gasteiger partial charge is 0.132 e. The van der Waals surface area contributed by atoms with Gasteiger partial charge in [0.2, 0.25) is 0 Å². The Kier molecular flexibility index (Phi) is 5.06. The van der Waals surface area contributed by atoms with Crippen LogP contribution in [0.2, 0.25) is 0 Å². The van der Waals surface area contributed by atoms with Gasteiger partial charge in [0.1, 0.15) is 11.6 Å². The maximum absolute atomic E-state index is 13.8. The highest BCUT2D eigenvalue weighted by Crippen LogP contribution is 2.26. The third-order valence-corrected chi connectivity index (χ3v) is 2.94. The highest BCUT2D eigenvalue weighted by Gasteiger charge is 2.17. The SMILES string of the molecule is Cc1ccc(F)c(C(C)CCNC(C)C)c1F. The largest absolute Gasteiger partial charge is 0.315 e. The molecule has 1 nitrogen and oxygen atoms in total. The summed E-state index contributed by atoms with van der Waals surface area (Å²) in [6.07, 6.45) is 0.732. The molecule has 1 N–H and O–H groups in total. The first-order chi connectivity index (χ1) is 7.93. The summed E-state index contributed by atoms with van der Waals surface area (Å²) in [5, 5.41) is 3.25. The van der Waals surface area contributed by atoms with Gasteiger partial charge in [0.25, 0.3) is 0 Å². The van der Waals surface area contributed by atoms with Crippen molar-refractivity contribution in [1.82, 2.24) is 5.32 Å². The van der Waals surface area contributed by atoms with E-state index < -0.39 is 11.6 Å². The lowest BCUT2D eigenvalue weighted by Gasteiger charge is -2.16. The molecule has 0 amide bonds. The number of nitrogens with one attached hydrogen (secondary N) is 1. The molecule has 96 valence electrons. The van der Waals surface area contributed by atoms with E-state index in [0.717, 1.165) is 13.0 Å². The van der Waals surface area contributed by atoms with E-state index in [1.165, 1.54) is 12.1 Å². The topological polar surface area (TPSA) is 12.0 Å². The maximum Gasteiger partial charge on any atom is 0.132 e. The number of hydrogen-bond donors (Lipinski definition) is 1. The van der Waals surface area contributed by atoms with Gasteiger partial charge in [0.05, 0.1) is 0 Å². The molecule has 0 aliphatic heterocycles. The quantitative estimate of drug-likeness (QED) is 0.827. The first-order valence-electron chi connectivity index (χ1n) is 6.11. The Balaban J connectivity index is 2.74. The minimum Gasteiger partial charge on any atom is -0.315 e. The highest BCUT2D eigenvalue weighted by atomic mass is 19.1. The van der Waals surface area contributed by atoms with Crippen molar-refractivity contribution in [3.05, 3.63) is 34.9 Å². The molecule has 0 heterocycles. The number of aryl methyl sites for hydroxylation is 1. The van der Waals surface area contributed by atoms with Crippen LogP contribution in [0.5, 0.6) is 0 Å². The fraction of sp³-hybridized carbons (Fsp3) is 0.571. The molecule has 0 aliphatic rings. The average Bonchev–Trinajstić information content (AvgIpc) is 2.23. The van der Waals surface area contributed by atoms with Crippen molar-refractivity contribution in [1.29, 1.82) is 0 Å². The van der Waals surface area contributed by atoms with Gasteiger partial charge in [-0.3, -0.25) is 0 Å².